The third-order valence-electron chi connectivity index (χ3n) is 4.26. The van der Waals surface area contributed by atoms with Gasteiger partial charge in [0.2, 0.25) is 0 Å². The lowest BCUT2D eigenvalue weighted by molar-refractivity contribution is -0.0833. The van der Waals surface area contributed by atoms with Crippen molar-refractivity contribution in [1.82, 2.24) is 14.5 Å². The first-order valence-electron chi connectivity index (χ1n) is 7.08. The number of halogens is 1. The van der Waals surface area contributed by atoms with Crippen LogP contribution in [0.5, 0.6) is 0 Å². The number of aryl methyl sites for hydroxylation is 1. The Morgan fingerprint density at radius 2 is 2.15 bits per heavy atom. The van der Waals surface area contributed by atoms with Crippen LogP contribution in [0.4, 0.5) is 0 Å². The third kappa shape index (κ3) is 2.21. The summed E-state index contributed by atoms with van der Waals surface area (Å²) in [5, 5.41) is -0.140. The van der Waals surface area contributed by atoms with Crippen molar-refractivity contribution in [1.29, 1.82) is 0 Å². The van der Waals surface area contributed by atoms with Crippen LogP contribution in [0.15, 0.2) is 12.1 Å². The van der Waals surface area contributed by atoms with E-state index in [1.165, 1.54) is 6.42 Å². The monoisotopic (exact) mass is 293 g/mol. The molecule has 0 aliphatic heterocycles. The van der Waals surface area contributed by atoms with E-state index in [0.29, 0.717) is 0 Å². The molecule has 0 N–H and O–H groups in total. The normalized spacial score (nSPS) is 19.0. The van der Waals surface area contributed by atoms with Crippen LogP contribution in [-0.2, 0) is 11.3 Å². The highest BCUT2D eigenvalue weighted by Gasteiger charge is 2.38. The Labute approximate surface area is 124 Å². The molecule has 1 fully saturated rings. The molecule has 0 amide bonds. The molecule has 5 heteroatoms. The molecule has 1 saturated carbocycles. The van der Waals surface area contributed by atoms with E-state index in [1.807, 2.05) is 26.0 Å². The van der Waals surface area contributed by atoms with Gasteiger partial charge in [0, 0.05) is 12.8 Å². The molecule has 1 atom stereocenters. The number of nitrogens with zero attached hydrogens (tertiary/aromatic N) is 3. The van der Waals surface area contributed by atoms with Gasteiger partial charge in [-0.1, -0.05) is 0 Å². The molecule has 1 aliphatic carbocycles. The van der Waals surface area contributed by atoms with Gasteiger partial charge in [-0.2, -0.15) is 0 Å². The van der Waals surface area contributed by atoms with Crippen molar-refractivity contribution in [2.24, 2.45) is 0 Å². The quantitative estimate of drug-likeness (QED) is 0.809. The molecule has 3 rings (SSSR count). The zero-order valence-electron chi connectivity index (χ0n) is 12.2. The molecule has 0 saturated heterocycles. The molecule has 0 radical (unpaired) electrons. The molecular weight excluding hydrogens is 274 g/mol. The van der Waals surface area contributed by atoms with E-state index in [-0.39, 0.29) is 11.0 Å². The van der Waals surface area contributed by atoms with Gasteiger partial charge >= 0.3 is 0 Å². The number of aromatic nitrogens is 3. The first-order valence-corrected chi connectivity index (χ1v) is 7.51. The second kappa shape index (κ2) is 5.01. The number of imidazole rings is 1. The second-order valence-electron chi connectivity index (χ2n) is 5.71. The first-order chi connectivity index (χ1) is 9.54. The number of alkyl halides is 1. The molecule has 0 bridgehead atoms. The van der Waals surface area contributed by atoms with Crippen LogP contribution < -0.4 is 0 Å². The van der Waals surface area contributed by atoms with Crippen molar-refractivity contribution in [3.63, 3.8) is 0 Å². The van der Waals surface area contributed by atoms with Crippen molar-refractivity contribution >= 4 is 22.8 Å². The number of hydrogen-bond donors (Lipinski definition) is 0. The number of fused-ring (bicyclic) bond motifs is 1. The SMILES string of the molecule is COC1(Cn2c(C(C)Cl)nc3ccc(C)nc32)CCC1. The van der Waals surface area contributed by atoms with Crippen molar-refractivity contribution in [3.05, 3.63) is 23.7 Å². The fraction of sp³-hybridized carbons (Fsp3) is 0.600. The van der Waals surface area contributed by atoms with E-state index in [0.717, 1.165) is 42.1 Å². The summed E-state index contributed by atoms with van der Waals surface area (Å²) >= 11 is 6.30. The second-order valence-corrected chi connectivity index (χ2v) is 6.36. The molecular formula is C15H20ClN3O. The maximum absolute atomic E-state index is 6.30. The average Bonchev–Trinajstić information content (AvgIpc) is 2.72. The fourth-order valence-electron chi connectivity index (χ4n) is 2.86. The van der Waals surface area contributed by atoms with Crippen LogP contribution in [0.2, 0.25) is 0 Å². The van der Waals surface area contributed by atoms with E-state index >= 15 is 0 Å². The minimum absolute atomic E-state index is 0.0699. The smallest absolute Gasteiger partial charge is 0.160 e. The van der Waals surface area contributed by atoms with Crippen LogP contribution in [0.3, 0.4) is 0 Å². The van der Waals surface area contributed by atoms with Gasteiger partial charge in [-0.3, -0.25) is 0 Å². The summed E-state index contributed by atoms with van der Waals surface area (Å²) in [4.78, 5) is 9.28. The van der Waals surface area contributed by atoms with E-state index in [9.17, 15) is 0 Å². The summed E-state index contributed by atoms with van der Waals surface area (Å²) < 4.78 is 7.88. The Morgan fingerprint density at radius 1 is 1.40 bits per heavy atom. The summed E-state index contributed by atoms with van der Waals surface area (Å²) in [5.74, 6) is 0.878. The van der Waals surface area contributed by atoms with E-state index in [4.69, 9.17) is 16.3 Å². The van der Waals surface area contributed by atoms with Crippen molar-refractivity contribution in [3.8, 4) is 0 Å². The predicted octanol–water partition coefficient (Wildman–Crippen LogP) is 3.61. The van der Waals surface area contributed by atoms with Gasteiger partial charge in [-0.05, 0) is 45.2 Å². The van der Waals surface area contributed by atoms with Gasteiger partial charge in [0.15, 0.2) is 5.65 Å². The van der Waals surface area contributed by atoms with Crippen LogP contribution >= 0.6 is 11.6 Å². The Bertz CT molecular complexity index is 626. The van der Waals surface area contributed by atoms with Gasteiger partial charge in [0.05, 0.1) is 17.5 Å². The first kappa shape index (κ1) is 13.8. The molecule has 2 aromatic rings. The Kier molecular flexibility index (Phi) is 3.46. The van der Waals surface area contributed by atoms with Crippen molar-refractivity contribution in [2.75, 3.05) is 7.11 Å². The highest BCUT2D eigenvalue weighted by Crippen LogP contribution is 2.38. The lowest BCUT2D eigenvalue weighted by atomic mass is 9.80. The summed E-state index contributed by atoms with van der Waals surface area (Å²) in [6, 6.07) is 4.00. The van der Waals surface area contributed by atoms with E-state index in [2.05, 4.69) is 14.5 Å². The van der Waals surface area contributed by atoms with Gasteiger partial charge < -0.3 is 9.30 Å². The Hall–Kier alpha value is -1.13. The molecule has 0 aromatic carbocycles. The van der Waals surface area contributed by atoms with Crippen LogP contribution in [-0.4, -0.2) is 27.2 Å². The zero-order chi connectivity index (χ0) is 14.3. The number of hydrogen-bond acceptors (Lipinski definition) is 3. The van der Waals surface area contributed by atoms with Gasteiger partial charge in [0.25, 0.3) is 0 Å². The lowest BCUT2D eigenvalue weighted by Gasteiger charge is -2.41. The summed E-state index contributed by atoms with van der Waals surface area (Å²) in [5.41, 5.74) is 2.74. The maximum atomic E-state index is 6.30. The summed E-state index contributed by atoms with van der Waals surface area (Å²) in [6.07, 6.45) is 3.40. The third-order valence-corrected chi connectivity index (χ3v) is 4.46. The standard InChI is InChI=1S/C15H20ClN3O/c1-10-5-6-12-14(17-10)19(13(18-12)11(2)16)9-15(20-3)7-4-8-15/h5-6,11H,4,7-9H2,1-3H3. The van der Waals surface area contributed by atoms with Crippen LogP contribution in [0, 0.1) is 6.92 Å². The highest BCUT2D eigenvalue weighted by atomic mass is 35.5. The molecule has 4 nitrogen and oxygen atoms in total. The Morgan fingerprint density at radius 3 is 2.70 bits per heavy atom. The fourth-order valence-corrected chi connectivity index (χ4v) is 3.03. The zero-order valence-corrected chi connectivity index (χ0v) is 12.9. The summed E-state index contributed by atoms with van der Waals surface area (Å²) in [6.45, 7) is 4.73. The topological polar surface area (TPSA) is 39.9 Å². The number of ether oxygens (including phenoxy) is 1. The van der Waals surface area contributed by atoms with Gasteiger partial charge in [-0.15, -0.1) is 11.6 Å². The maximum Gasteiger partial charge on any atom is 0.160 e. The lowest BCUT2D eigenvalue weighted by Crippen LogP contribution is -2.43. The van der Waals surface area contributed by atoms with Crippen molar-refractivity contribution < 1.29 is 4.74 Å². The predicted molar refractivity (Wildman–Crippen MR) is 80.1 cm³/mol. The molecule has 20 heavy (non-hydrogen) atoms. The largest absolute Gasteiger partial charge is 0.376 e. The van der Waals surface area contributed by atoms with E-state index in [1.54, 1.807) is 7.11 Å². The molecule has 0 spiro atoms. The van der Waals surface area contributed by atoms with Gasteiger partial charge in [0.1, 0.15) is 11.3 Å². The highest BCUT2D eigenvalue weighted by molar-refractivity contribution is 6.20. The van der Waals surface area contributed by atoms with Crippen LogP contribution in [0.1, 0.15) is 43.1 Å². The molecule has 1 unspecified atom stereocenters. The average molecular weight is 294 g/mol. The van der Waals surface area contributed by atoms with Gasteiger partial charge in [-0.25, -0.2) is 9.97 Å². The minimum Gasteiger partial charge on any atom is -0.376 e. The van der Waals surface area contributed by atoms with E-state index < -0.39 is 0 Å². The number of methoxy groups -OCH3 is 1. The molecule has 2 aromatic heterocycles. The summed E-state index contributed by atoms with van der Waals surface area (Å²) in [7, 11) is 1.79. The number of pyridine rings is 1. The minimum atomic E-state index is -0.140. The number of rotatable bonds is 4. The van der Waals surface area contributed by atoms with Crippen molar-refractivity contribution in [2.45, 2.75) is 50.6 Å². The molecule has 2 heterocycles. The molecule has 1 aliphatic rings. The van der Waals surface area contributed by atoms with Crippen LogP contribution in [0.25, 0.3) is 11.2 Å². The molecule has 108 valence electrons. The Balaban J connectivity index is 2.10.